The van der Waals surface area contributed by atoms with Crippen molar-refractivity contribution in [3.8, 4) is 0 Å². The lowest BCUT2D eigenvalue weighted by Crippen LogP contribution is -2.49. The molecule has 3 fully saturated rings. The van der Waals surface area contributed by atoms with Gasteiger partial charge in [-0.25, -0.2) is 0 Å². The summed E-state index contributed by atoms with van der Waals surface area (Å²) in [4.78, 5) is 22.3. The van der Waals surface area contributed by atoms with E-state index in [4.69, 9.17) is 14.5 Å². The first kappa shape index (κ1) is 16.5. The van der Waals surface area contributed by atoms with E-state index in [0.717, 1.165) is 44.8 Å². The molecule has 1 amide bonds. The number of carbonyl (C=O) groups excluding carboxylic acids is 1. The quantitative estimate of drug-likeness (QED) is 0.732. The van der Waals surface area contributed by atoms with Crippen LogP contribution in [0.25, 0.3) is 0 Å². The molecule has 0 atom stereocenters. The average molecular weight is 348 g/mol. The highest BCUT2D eigenvalue weighted by Crippen LogP contribution is 2.32. The van der Waals surface area contributed by atoms with Crippen molar-refractivity contribution >= 4 is 17.7 Å². The highest BCUT2D eigenvalue weighted by Gasteiger charge is 2.40. The first-order valence-electron chi connectivity index (χ1n) is 8.88. The Morgan fingerprint density at radius 3 is 2.36 bits per heavy atom. The van der Waals surface area contributed by atoms with Crippen molar-refractivity contribution in [3.63, 3.8) is 0 Å². The molecule has 0 unspecified atom stereocenters. The number of rotatable bonds is 2. The SMILES string of the molecule is CC(=O)N1CCN(c2nncc(N3CCC4(CC3)OCCO4)n2)CC1. The van der Waals surface area contributed by atoms with Gasteiger partial charge in [0, 0.05) is 59.0 Å². The lowest BCUT2D eigenvalue weighted by Gasteiger charge is -2.38. The average Bonchev–Trinajstić information content (AvgIpc) is 3.10. The fourth-order valence-electron chi connectivity index (χ4n) is 3.66. The molecule has 3 aliphatic heterocycles. The zero-order valence-electron chi connectivity index (χ0n) is 14.6. The van der Waals surface area contributed by atoms with E-state index in [0.29, 0.717) is 32.3 Å². The van der Waals surface area contributed by atoms with Gasteiger partial charge in [0.1, 0.15) is 0 Å². The molecule has 0 aromatic carbocycles. The molecule has 0 N–H and O–H groups in total. The summed E-state index contributed by atoms with van der Waals surface area (Å²) >= 11 is 0. The number of piperidine rings is 1. The predicted molar refractivity (Wildman–Crippen MR) is 90.4 cm³/mol. The molecule has 0 saturated carbocycles. The van der Waals surface area contributed by atoms with Crippen LogP contribution in [0.1, 0.15) is 19.8 Å². The zero-order valence-corrected chi connectivity index (χ0v) is 14.6. The van der Waals surface area contributed by atoms with Gasteiger partial charge in [0.25, 0.3) is 0 Å². The number of hydrogen-bond acceptors (Lipinski definition) is 8. The van der Waals surface area contributed by atoms with Crippen LogP contribution < -0.4 is 9.80 Å². The monoisotopic (exact) mass is 348 g/mol. The van der Waals surface area contributed by atoms with E-state index in [-0.39, 0.29) is 11.7 Å². The molecule has 25 heavy (non-hydrogen) atoms. The van der Waals surface area contributed by atoms with Crippen molar-refractivity contribution in [2.24, 2.45) is 0 Å². The molecule has 9 heteroatoms. The normalized spacial score (nSPS) is 23.3. The van der Waals surface area contributed by atoms with Crippen LogP contribution in [0.4, 0.5) is 11.8 Å². The fourth-order valence-corrected chi connectivity index (χ4v) is 3.66. The van der Waals surface area contributed by atoms with Gasteiger partial charge in [-0.2, -0.15) is 10.1 Å². The molecule has 0 bridgehead atoms. The topological polar surface area (TPSA) is 83.9 Å². The number of aromatic nitrogens is 3. The Balaban J connectivity index is 1.39. The molecule has 0 radical (unpaired) electrons. The first-order chi connectivity index (χ1) is 12.2. The van der Waals surface area contributed by atoms with Crippen LogP contribution in [-0.2, 0) is 14.3 Å². The number of anilines is 2. The van der Waals surface area contributed by atoms with Crippen LogP contribution >= 0.6 is 0 Å². The summed E-state index contributed by atoms with van der Waals surface area (Å²) < 4.78 is 11.6. The van der Waals surface area contributed by atoms with Crippen molar-refractivity contribution in [3.05, 3.63) is 6.20 Å². The second kappa shape index (κ2) is 6.72. The lowest BCUT2D eigenvalue weighted by atomic mass is 10.0. The maximum absolute atomic E-state index is 11.4. The summed E-state index contributed by atoms with van der Waals surface area (Å²) in [5, 5.41) is 8.32. The molecule has 3 aliphatic rings. The van der Waals surface area contributed by atoms with E-state index in [2.05, 4.69) is 20.0 Å². The Labute approximate surface area is 146 Å². The first-order valence-corrected chi connectivity index (χ1v) is 8.88. The van der Waals surface area contributed by atoms with E-state index in [1.165, 1.54) is 0 Å². The zero-order chi connectivity index (χ0) is 17.3. The molecule has 9 nitrogen and oxygen atoms in total. The molecule has 3 saturated heterocycles. The predicted octanol–water partition coefficient (Wildman–Crippen LogP) is -0.117. The molecular formula is C16H24N6O3. The van der Waals surface area contributed by atoms with Crippen LogP contribution in [0.5, 0.6) is 0 Å². The summed E-state index contributed by atoms with van der Waals surface area (Å²) in [5.74, 6) is 1.20. The van der Waals surface area contributed by atoms with Crippen molar-refractivity contribution in [1.29, 1.82) is 0 Å². The second-order valence-corrected chi connectivity index (χ2v) is 6.70. The Morgan fingerprint density at radius 2 is 1.72 bits per heavy atom. The van der Waals surface area contributed by atoms with E-state index >= 15 is 0 Å². The molecule has 4 rings (SSSR count). The van der Waals surface area contributed by atoms with E-state index < -0.39 is 0 Å². The fraction of sp³-hybridized carbons (Fsp3) is 0.750. The van der Waals surface area contributed by atoms with Crippen LogP contribution in [0.2, 0.25) is 0 Å². The van der Waals surface area contributed by atoms with Gasteiger partial charge in [-0.05, 0) is 0 Å². The van der Waals surface area contributed by atoms with Crippen LogP contribution in [0.15, 0.2) is 6.20 Å². The third kappa shape index (κ3) is 3.38. The Morgan fingerprint density at radius 1 is 1.04 bits per heavy atom. The minimum absolute atomic E-state index is 0.117. The van der Waals surface area contributed by atoms with Gasteiger partial charge in [0.15, 0.2) is 11.6 Å². The van der Waals surface area contributed by atoms with Gasteiger partial charge in [-0.1, -0.05) is 0 Å². The smallest absolute Gasteiger partial charge is 0.247 e. The maximum Gasteiger partial charge on any atom is 0.247 e. The molecule has 1 spiro atoms. The van der Waals surface area contributed by atoms with Gasteiger partial charge in [0.05, 0.1) is 19.4 Å². The largest absolute Gasteiger partial charge is 0.355 e. The molecule has 4 heterocycles. The Bertz CT molecular complexity index is 618. The summed E-state index contributed by atoms with van der Waals surface area (Å²) in [6, 6.07) is 0. The van der Waals surface area contributed by atoms with Crippen LogP contribution in [0.3, 0.4) is 0 Å². The summed E-state index contributed by atoms with van der Waals surface area (Å²) in [6.07, 6.45) is 3.39. The number of amides is 1. The molecule has 136 valence electrons. The molecule has 1 aromatic rings. The summed E-state index contributed by atoms with van der Waals surface area (Å²) in [6.45, 7) is 7.50. The Hall–Kier alpha value is -2.00. The van der Waals surface area contributed by atoms with Gasteiger partial charge >= 0.3 is 0 Å². The van der Waals surface area contributed by atoms with Crippen molar-refractivity contribution < 1.29 is 14.3 Å². The van der Waals surface area contributed by atoms with Gasteiger partial charge in [0.2, 0.25) is 11.9 Å². The van der Waals surface area contributed by atoms with Crippen molar-refractivity contribution in [2.45, 2.75) is 25.6 Å². The number of piperazine rings is 1. The third-order valence-corrected chi connectivity index (χ3v) is 5.21. The van der Waals surface area contributed by atoms with Crippen molar-refractivity contribution in [1.82, 2.24) is 20.1 Å². The molecule has 1 aromatic heterocycles. The standard InChI is InChI=1S/C16H24N6O3/c1-13(23)20-6-8-22(9-7-20)15-18-14(12-17-19-15)21-4-2-16(3-5-21)24-10-11-25-16/h12H,2-11H2,1H3. The highest BCUT2D eigenvalue weighted by atomic mass is 16.7. The summed E-state index contributed by atoms with van der Waals surface area (Å²) in [5.41, 5.74) is 0. The molecule has 0 aliphatic carbocycles. The van der Waals surface area contributed by atoms with Crippen LogP contribution in [0, 0.1) is 0 Å². The van der Waals surface area contributed by atoms with Gasteiger partial charge in [-0.3, -0.25) is 4.79 Å². The lowest BCUT2D eigenvalue weighted by molar-refractivity contribution is -0.169. The maximum atomic E-state index is 11.4. The number of hydrogen-bond donors (Lipinski definition) is 0. The number of carbonyl (C=O) groups is 1. The van der Waals surface area contributed by atoms with Gasteiger partial charge in [-0.15, -0.1) is 5.10 Å². The van der Waals surface area contributed by atoms with E-state index in [1.54, 1.807) is 13.1 Å². The molecular weight excluding hydrogens is 324 g/mol. The van der Waals surface area contributed by atoms with Gasteiger partial charge < -0.3 is 24.2 Å². The highest BCUT2D eigenvalue weighted by molar-refractivity contribution is 5.73. The minimum atomic E-state index is -0.386. The third-order valence-electron chi connectivity index (χ3n) is 5.21. The minimum Gasteiger partial charge on any atom is -0.355 e. The summed E-state index contributed by atoms with van der Waals surface area (Å²) in [7, 11) is 0. The second-order valence-electron chi connectivity index (χ2n) is 6.70. The number of nitrogens with zero attached hydrogens (tertiary/aromatic N) is 6. The number of ether oxygens (including phenoxy) is 2. The van der Waals surface area contributed by atoms with E-state index in [9.17, 15) is 4.79 Å². The van der Waals surface area contributed by atoms with Crippen LogP contribution in [-0.4, -0.2) is 84.3 Å². The Kier molecular flexibility index (Phi) is 4.43. The van der Waals surface area contributed by atoms with E-state index in [1.807, 2.05) is 4.90 Å². The van der Waals surface area contributed by atoms with Crippen molar-refractivity contribution in [2.75, 3.05) is 62.3 Å².